The molecule has 0 bridgehead atoms. The van der Waals surface area contributed by atoms with Gasteiger partial charge in [-0.2, -0.15) is 18.4 Å². The molecule has 0 aliphatic carbocycles. The van der Waals surface area contributed by atoms with Crippen LogP contribution in [0.25, 0.3) is 6.08 Å². The zero-order valence-corrected chi connectivity index (χ0v) is 18.1. The fourth-order valence-electron chi connectivity index (χ4n) is 2.23. The van der Waals surface area contributed by atoms with Gasteiger partial charge < -0.3 is 4.18 Å². The van der Waals surface area contributed by atoms with Gasteiger partial charge in [-0.1, -0.05) is 24.6 Å². The van der Waals surface area contributed by atoms with E-state index in [0.717, 1.165) is 11.3 Å². The van der Waals surface area contributed by atoms with E-state index in [1.165, 1.54) is 31.2 Å². The summed E-state index contributed by atoms with van der Waals surface area (Å²) in [6.45, 7) is 1.46. The Hall–Kier alpha value is -2.22. The monoisotopic (exact) mass is 476 g/mol. The molecule has 1 aromatic rings. The first-order valence-corrected chi connectivity index (χ1v) is 12.5. The maximum Gasteiger partial charge on any atom is 0.306 e. The Morgan fingerprint density at radius 2 is 2.00 bits per heavy atom. The van der Waals surface area contributed by atoms with Crippen LogP contribution >= 0.6 is 23.4 Å². The molecule has 14 heteroatoms. The van der Waals surface area contributed by atoms with E-state index in [0.29, 0.717) is 17.3 Å². The first-order valence-electron chi connectivity index (χ1n) is 7.83. The number of rotatable bonds is 4. The van der Waals surface area contributed by atoms with Crippen molar-refractivity contribution in [2.24, 2.45) is 10.1 Å². The summed E-state index contributed by atoms with van der Waals surface area (Å²) in [5.74, 6) is -1.35. The topological polar surface area (TPSA) is 146 Å². The van der Waals surface area contributed by atoms with Crippen LogP contribution in [0.3, 0.4) is 0 Å². The molecule has 2 aliphatic rings. The number of fused-ring (bicyclic) bond motifs is 1. The van der Waals surface area contributed by atoms with Gasteiger partial charge in [0.05, 0.1) is 22.6 Å². The van der Waals surface area contributed by atoms with Crippen molar-refractivity contribution in [2.45, 2.75) is 6.92 Å². The smallest absolute Gasteiger partial charge is 0.306 e. The second kappa shape index (κ2) is 7.55. The molecule has 0 radical (unpaired) electrons. The molecule has 0 fully saturated rings. The zero-order chi connectivity index (χ0) is 21.6. The Kier molecular flexibility index (Phi) is 5.60. The number of hydrogen-bond donors (Lipinski definition) is 1. The van der Waals surface area contributed by atoms with Crippen LogP contribution < -0.4 is 4.18 Å². The van der Waals surface area contributed by atoms with E-state index in [1.54, 1.807) is 0 Å². The summed E-state index contributed by atoms with van der Waals surface area (Å²) >= 11 is 6.72. The highest BCUT2D eigenvalue weighted by Gasteiger charge is 2.39. The summed E-state index contributed by atoms with van der Waals surface area (Å²) in [7, 11) is -7.38. The third-order valence-corrected chi connectivity index (χ3v) is 7.46. The third-order valence-electron chi connectivity index (χ3n) is 3.59. The number of carbonyl (C=O) groups excluding carboxylic acids is 1. The van der Waals surface area contributed by atoms with Crippen LogP contribution in [-0.2, 0) is 24.7 Å². The van der Waals surface area contributed by atoms with E-state index in [9.17, 15) is 21.6 Å². The number of benzene rings is 1. The molecule has 1 N–H and O–H groups in total. The molecule has 29 heavy (non-hydrogen) atoms. The number of hydrazone groups is 1. The van der Waals surface area contributed by atoms with Crippen molar-refractivity contribution in [1.82, 2.24) is 5.01 Å². The number of amides is 1. The van der Waals surface area contributed by atoms with Crippen LogP contribution in [0.15, 0.2) is 33.9 Å². The number of halogens is 1. The molecule has 154 valence electrons. The fourth-order valence-corrected chi connectivity index (χ4v) is 5.14. The van der Waals surface area contributed by atoms with E-state index in [1.807, 2.05) is 0 Å². The first-order chi connectivity index (χ1) is 13.4. The number of amidine groups is 2. The summed E-state index contributed by atoms with van der Waals surface area (Å²) in [5.41, 5.74) is 0.237. The minimum Gasteiger partial charge on any atom is -0.381 e. The van der Waals surface area contributed by atoms with Crippen molar-refractivity contribution in [3.8, 4) is 5.75 Å². The van der Waals surface area contributed by atoms with Crippen LogP contribution in [0, 0.1) is 5.41 Å². The van der Waals surface area contributed by atoms with Gasteiger partial charge >= 0.3 is 10.1 Å². The van der Waals surface area contributed by atoms with E-state index < -0.39 is 25.9 Å². The third kappa shape index (κ3) is 4.52. The van der Waals surface area contributed by atoms with E-state index in [2.05, 4.69) is 10.1 Å². The van der Waals surface area contributed by atoms with Crippen molar-refractivity contribution < 1.29 is 25.8 Å². The lowest BCUT2D eigenvalue weighted by Gasteiger charge is -2.20. The zero-order valence-electron chi connectivity index (χ0n) is 14.9. The van der Waals surface area contributed by atoms with E-state index in [-0.39, 0.29) is 37.5 Å². The van der Waals surface area contributed by atoms with Gasteiger partial charge in [-0.25, -0.2) is 8.42 Å². The molecule has 2 aliphatic heterocycles. The molecule has 2 heterocycles. The summed E-state index contributed by atoms with van der Waals surface area (Å²) in [6.07, 6.45) is 2.19. The predicted molar refractivity (Wildman–Crippen MR) is 111 cm³/mol. The molecule has 10 nitrogen and oxygen atoms in total. The number of nitrogens with one attached hydrogen (secondary N) is 1. The number of aliphatic imine (C=N–C) groups is 1. The SMILES string of the molecule is CCS(=O)(=O)C1=NN2C(=N)/C(=C/c3ccc(OS(C)(=O)=O)c(Cl)c3)C(=O)N=C2S1. The highest BCUT2D eigenvalue weighted by molar-refractivity contribution is 8.42. The first kappa shape index (κ1) is 21.5. The Bertz CT molecular complexity index is 1230. The fraction of sp³-hybridized carbons (Fsp3) is 0.200. The van der Waals surface area contributed by atoms with E-state index in [4.69, 9.17) is 21.2 Å². The number of carbonyl (C=O) groups is 1. The van der Waals surface area contributed by atoms with Gasteiger partial charge in [0, 0.05) is 0 Å². The number of thioether (sulfide) groups is 1. The minimum absolute atomic E-state index is 0.0147. The van der Waals surface area contributed by atoms with E-state index >= 15 is 0 Å². The van der Waals surface area contributed by atoms with Crippen molar-refractivity contribution in [3.63, 3.8) is 0 Å². The lowest BCUT2D eigenvalue weighted by Crippen LogP contribution is -2.35. The largest absolute Gasteiger partial charge is 0.381 e. The summed E-state index contributed by atoms with van der Waals surface area (Å²) in [5, 5.41) is 13.1. The second-order valence-electron chi connectivity index (χ2n) is 5.77. The van der Waals surface area contributed by atoms with Crippen LogP contribution in [0.4, 0.5) is 0 Å². The molecule has 0 unspecified atom stereocenters. The minimum atomic E-state index is -3.77. The molecule has 1 aromatic carbocycles. The lowest BCUT2D eigenvalue weighted by molar-refractivity contribution is -0.114. The normalized spacial score (nSPS) is 18.6. The highest BCUT2D eigenvalue weighted by Crippen LogP contribution is 2.32. The van der Waals surface area contributed by atoms with Crippen LogP contribution in [-0.4, -0.2) is 55.1 Å². The Morgan fingerprint density at radius 1 is 1.31 bits per heavy atom. The van der Waals surface area contributed by atoms with Crippen molar-refractivity contribution in [1.29, 1.82) is 5.41 Å². The average Bonchev–Trinajstić information content (AvgIpc) is 3.05. The van der Waals surface area contributed by atoms with Gasteiger partial charge in [0.2, 0.25) is 19.4 Å². The lowest BCUT2D eigenvalue weighted by atomic mass is 10.1. The average molecular weight is 477 g/mol. The molecular weight excluding hydrogens is 464 g/mol. The predicted octanol–water partition coefficient (Wildman–Crippen LogP) is 1.69. The molecule has 0 spiro atoms. The van der Waals surface area contributed by atoms with Gasteiger partial charge in [-0.3, -0.25) is 10.2 Å². The number of sulfone groups is 1. The highest BCUT2D eigenvalue weighted by atomic mass is 35.5. The Morgan fingerprint density at radius 3 is 2.59 bits per heavy atom. The van der Waals surface area contributed by atoms with Gasteiger partial charge in [-0.15, -0.1) is 5.10 Å². The standard InChI is InChI=1S/C15H13ClN4O6S3/c1-3-29(24,25)15-19-20-12(17)9(13(21)18-14(20)27-15)6-8-4-5-11(10(16)7-8)26-28(2,22)23/h4-7,17H,3H2,1-2H3/b9-6-,17-12?. The number of hydrogen-bond acceptors (Lipinski definition) is 9. The van der Waals surface area contributed by atoms with Crippen LogP contribution in [0.1, 0.15) is 12.5 Å². The maximum atomic E-state index is 12.3. The van der Waals surface area contributed by atoms with Crippen LogP contribution in [0.2, 0.25) is 5.02 Å². The molecule has 0 aromatic heterocycles. The Balaban J connectivity index is 1.95. The van der Waals surface area contributed by atoms with Gasteiger partial charge in [-0.05, 0) is 35.5 Å². The molecule has 1 amide bonds. The second-order valence-corrected chi connectivity index (χ2v) is 11.2. The summed E-state index contributed by atoms with van der Waals surface area (Å²) in [4.78, 5) is 16.1. The molecular formula is C15H13ClN4O6S3. The summed E-state index contributed by atoms with van der Waals surface area (Å²) < 4.78 is 50.9. The van der Waals surface area contributed by atoms with Crippen molar-refractivity contribution in [2.75, 3.05) is 12.0 Å². The Labute approximate surface area is 175 Å². The van der Waals surface area contributed by atoms with Crippen molar-refractivity contribution in [3.05, 3.63) is 34.4 Å². The molecule has 3 rings (SSSR count). The number of nitrogens with zero attached hydrogens (tertiary/aromatic N) is 3. The maximum absolute atomic E-state index is 12.3. The van der Waals surface area contributed by atoms with Gasteiger partial charge in [0.15, 0.2) is 11.6 Å². The quantitative estimate of drug-likeness (QED) is 0.510. The summed E-state index contributed by atoms with van der Waals surface area (Å²) in [6, 6.07) is 4.09. The van der Waals surface area contributed by atoms with Gasteiger partial charge in [0.25, 0.3) is 5.91 Å². The van der Waals surface area contributed by atoms with Gasteiger partial charge in [0.1, 0.15) is 0 Å². The molecule has 0 atom stereocenters. The van der Waals surface area contributed by atoms with Crippen LogP contribution in [0.5, 0.6) is 5.75 Å². The molecule has 0 saturated carbocycles. The van der Waals surface area contributed by atoms with Crippen molar-refractivity contribution >= 4 is 70.7 Å². The molecule has 0 saturated heterocycles.